The van der Waals surface area contributed by atoms with Crippen LogP contribution in [0.4, 0.5) is 0 Å². The summed E-state index contributed by atoms with van der Waals surface area (Å²) in [6.45, 7) is 2.88. The van der Waals surface area contributed by atoms with Crippen molar-refractivity contribution in [1.82, 2.24) is 10.0 Å². The lowest BCUT2D eigenvalue weighted by Gasteiger charge is -2.28. The Balaban J connectivity index is 0.00000220. The van der Waals surface area contributed by atoms with Gasteiger partial charge in [0.05, 0.1) is 5.75 Å². The van der Waals surface area contributed by atoms with Gasteiger partial charge in [-0.3, -0.25) is 0 Å². The zero-order valence-corrected chi connectivity index (χ0v) is 14.7. The van der Waals surface area contributed by atoms with Gasteiger partial charge in [-0.15, -0.1) is 12.4 Å². The molecule has 2 rings (SSSR count). The zero-order chi connectivity index (χ0) is 14.8. The molecule has 1 aliphatic heterocycles. The Hall–Kier alpha value is -0.0400. The van der Waals surface area contributed by atoms with Crippen molar-refractivity contribution in [3.05, 3.63) is 33.8 Å². The van der Waals surface area contributed by atoms with E-state index in [9.17, 15) is 8.42 Å². The van der Waals surface area contributed by atoms with Gasteiger partial charge in [-0.05, 0) is 50.1 Å². The Morgan fingerprint density at radius 2 is 1.90 bits per heavy atom. The standard InChI is InChI=1S/C13H18Cl2N2O2S.ClH/c1-9-4-13(2-3-16-9)17-20(18,19)8-10-5-11(14)7-12(15)6-10;/h5-7,9,13,16-17H,2-4,8H2,1H3;1H. The summed E-state index contributed by atoms with van der Waals surface area (Å²) in [5.41, 5.74) is 0.594. The van der Waals surface area contributed by atoms with Gasteiger partial charge in [0, 0.05) is 22.1 Å². The van der Waals surface area contributed by atoms with Crippen LogP contribution in [-0.4, -0.2) is 27.0 Å². The van der Waals surface area contributed by atoms with E-state index in [0.717, 1.165) is 19.4 Å². The molecule has 1 aromatic rings. The second kappa shape index (κ2) is 7.99. The molecule has 8 heteroatoms. The lowest BCUT2D eigenvalue weighted by molar-refractivity contribution is 0.361. The van der Waals surface area contributed by atoms with Crippen LogP contribution in [-0.2, 0) is 15.8 Å². The van der Waals surface area contributed by atoms with Gasteiger partial charge < -0.3 is 5.32 Å². The summed E-state index contributed by atoms with van der Waals surface area (Å²) in [7, 11) is -3.39. The molecule has 0 amide bonds. The first-order chi connectivity index (χ1) is 9.34. The zero-order valence-electron chi connectivity index (χ0n) is 11.6. The van der Waals surface area contributed by atoms with E-state index in [1.165, 1.54) is 0 Å². The molecule has 4 nitrogen and oxygen atoms in total. The topological polar surface area (TPSA) is 58.2 Å². The Bertz CT molecular complexity index is 561. The summed E-state index contributed by atoms with van der Waals surface area (Å²) in [6.07, 6.45) is 1.61. The van der Waals surface area contributed by atoms with Crippen molar-refractivity contribution in [1.29, 1.82) is 0 Å². The molecule has 2 N–H and O–H groups in total. The van der Waals surface area contributed by atoms with Crippen molar-refractivity contribution < 1.29 is 8.42 Å². The summed E-state index contributed by atoms with van der Waals surface area (Å²) in [5, 5.41) is 4.18. The number of hydrogen-bond acceptors (Lipinski definition) is 3. The molecule has 0 radical (unpaired) electrons. The highest BCUT2D eigenvalue weighted by molar-refractivity contribution is 7.88. The first kappa shape index (κ1) is 19.0. The summed E-state index contributed by atoms with van der Waals surface area (Å²) < 4.78 is 27.1. The molecule has 1 fully saturated rings. The van der Waals surface area contributed by atoms with E-state index in [4.69, 9.17) is 23.2 Å². The summed E-state index contributed by atoms with van der Waals surface area (Å²) in [5.74, 6) is -0.106. The van der Waals surface area contributed by atoms with Crippen molar-refractivity contribution >= 4 is 45.6 Å². The molecule has 2 atom stereocenters. The van der Waals surface area contributed by atoms with Crippen LogP contribution in [0.2, 0.25) is 10.0 Å². The normalized spacial score (nSPS) is 22.6. The lowest BCUT2D eigenvalue weighted by Crippen LogP contribution is -2.46. The Kier molecular flexibility index (Phi) is 7.24. The number of halogens is 3. The second-order valence-electron chi connectivity index (χ2n) is 5.23. The van der Waals surface area contributed by atoms with Crippen molar-refractivity contribution in [2.24, 2.45) is 0 Å². The van der Waals surface area contributed by atoms with Gasteiger partial charge in [0.25, 0.3) is 0 Å². The smallest absolute Gasteiger partial charge is 0.216 e. The molecular formula is C13H19Cl3N2O2S. The van der Waals surface area contributed by atoms with Crippen molar-refractivity contribution in [3.63, 3.8) is 0 Å². The molecule has 1 aliphatic rings. The third kappa shape index (κ3) is 6.30. The van der Waals surface area contributed by atoms with Gasteiger partial charge in [-0.2, -0.15) is 0 Å². The summed E-state index contributed by atoms with van der Waals surface area (Å²) >= 11 is 11.8. The Morgan fingerprint density at radius 1 is 1.29 bits per heavy atom. The maximum atomic E-state index is 12.2. The number of nitrogens with one attached hydrogen (secondary N) is 2. The van der Waals surface area contributed by atoms with Crippen LogP contribution in [0.5, 0.6) is 0 Å². The molecule has 120 valence electrons. The van der Waals surface area contributed by atoms with Crippen LogP contribution >= 0.6 is 35.6 Å². The predicted molar refractivity (Wildman–Crippen MR) is 90.0 cm³/mol. The largest absolute Gasteiger partial charge is 0.314 e. The first-order valence-electron chi connectivity index (χ1n) is 6.52. The fraction of sp³-hybridized carbons (Fsp3) is 0.538. The molecule has 0 spiro atoms. The van der Waals surface area contributed by atoms with Gasteiger partial charge in [0.2, 0.25) is 10.0 Å². The first-order valence-corrected chi connectivity index (χ1v) is 8.93. The van der Waals surface area contributed by atoms with E-state index in [2.05, 4.69) is 17.0 Å². The van der Waals surface area contributed by atoms with Crippen molar-refractivity contribution in [2.45, 2.75) is 37.6 Å². The number of rotatable bonds is 4. The highest BCUT2D eigenvalue weighted by Gasteiger charge is 2.23. The molecule has 0 aromatic heterocycles. The van der Waals surface area contributed by atoms with E-state index < -0.39 is 10.0 Å². The quantitative estimate of drug-likeness (QED) is 0.853. The highest BCUT2D eigenvalue weighted by atomic mass is 35.5. The number of piperidine rings is 1. The van der Waals surface area contributed by atoms with Crippen LogP contribution in [0.15, 0.2) is 18.2 Å². The summed E-state index contributed by atoms with van der Waals surface area (Å²) in [6, 6.07) is 5.15. The Labute approximate surface area is 142 Å². The molecule has 21 heavy (non-hydrogen) atoms. The van der Waals surface area contributed by atoms with Crippen LogP contribution in [0.25, 0.3) is 0 Å². The SMILES string of the molecule is CC1CC(NS(=O)(=O)Cc2cc(Cl)cc(Cl)c2)CCN1.Cl. The third-order valence-corrected chi connectivity index (χ3v) is 5.09. The van der Waals surface area contributed by atoms with Gasteiger partial charge in [0.1, 0.15) is 0 Å². The van der Waals surface area contributed by atoms with Crippen molar-refractivity contribution in [2.75, 3.05) is 6.54 Å². The summed E-state index contributed by atoms with van der Waals surface area (Å²) in [4.78, 5) is 0. The maximum absolute atomic E-state index is 12.2. The number of benzene rings is 1. The molecule has 1 aromatic carbocycles. The van der Waals surface area contributed by atoms with E-state index in [0.29, 0.717) is 21.7 Å². The molecule has 0 bridgehead atoms. The molecule has 1 heterocycles. The fourth-order valence-corrected chi connectivity index (χ4v) is 4.43. The van der Waals surface area contributed by atoms with Gasteiger partial charge in [0.15, 0.2) is 0 Å². The minimum Gasteiger partial charge on any atom is -0.314 e. The molecule has 0 saturated carbocycles. The number of sulfonamides is 1. The average molecular weight is 374 g/mol. The van der Waals surface area contributed by atoms with Crippen molar-refractivity contribution in [3.8, 4) is 0 Å². The van der Waals surface area contributed by atoms with Crippen LogP contribution in [0.3, 0.4) is 0 Å². The van der Waals surface area contributed by atoms with E-state index in [1.54, 1.807) is 18.2 Å². The third-order valence-electron chi connectivity index (χ3n) is 3.25. The molecule has 0 aliphatic carbocycles. The van der Waals surface area contributed by atoms with Crippen LogP contribution < -0.4 is 10.0 Å². The second-order valence-corrected chi connectivity index (χ2v) is 7.86. The number of hydrogen-bond donors (Lipinski definition) is 2. The predicted octanol–water partition coefficient (Wildman–Crippen LogP) is 2.98. The van der Waals surface area contributed by atoms with Crippen LogP contribution in [0.1, 0.15) is 25.3 Å². The molecular weight excluding hydrogens is 355 g/mol. The molecule has 1 saturated heterocycles. The lowest BCUT2D eigenvalue weighted by atomic mass is 10.0. The van der Waals surface area contributed by atoms with Gasteiger partial charge in [-0.1, -0.05) is 23.2 Å². The maximum Gasteiger partial charge on any atom is 0.216 e. The van der Waals surface area contributed by atoms with E-state index >= 15 is 0 Å². The van der Waals surface area contributed by atoms with Crippen LogP contribution in [0, 0.1) is 0 Å². The minimum atomic E-state index is -3.39. The molecule has 2 unspecified atom stereocenters. The minimum absolute atomic E-state index is 0. The average Bonchev–Trinajstić information content (AvgIpc) is 2.25. The Morgan fingerprint density at radius 3 is 2.48 bits per heavy atom. The fourth-order valence-electron chi connectivity index (χ4n) is 2.45. The highest BCUT2D eigenvalue weighted by Crippen LogP contribution is 2.20. The monoisotopic (exact) mass is 372 g/mol. The van der Waals surface area contributed by atoms with Gasteiger partial charge >= 0.3 is 0 Å². The van der Waals surface area contributed by atoms with Gasteiger partial charge in [-0.25, -0.2) is 13.1 Å². The van der Waals surface area contributed by atoms with E-state index in [1.807, 2.05) is 0 Å². The van der Waals surface area contributed by atoms with E-state index in [-0.39, 0.29) is 24.2 Å².